The Labute approximate surface area is 181 Å². The molecule has 2 atom stereocenters. The predicted molar refractivity (Wildman–Crippen MR) is 107 cm³/mol. The van der Waals surface area contributed by atoms with Crippen LogP contribution in [0.2, 0.25) is 0 Å². The van der Waals surface area contributed by atoms with Crippen molar-refractivity contribution in [2.24, 2.45) is 0 Å². The zero-order chi connectivity index (χ0) is 23.9. The standard InChI is InChI=1S/C19H20F3N3O6S/c1-2-31-18(26)16(23-12-13-6-4-3-5-7-13)17(19(20,21)22)24-32(29,30)15-10-8-14(9-11-15)25(27)28/h3-11,16-17,23-24H,2,12H2,1H3/t16-,17-/m0/s1. The van der Waals surface area contributed by atoms with Gasteiger partial charge in [0.05, 0.1) is 16.4 Å². The summed E-state index contributed by atoms with van der Waals surface area (Å²) in [4.78, 5) is 21.6. The van der Waals surface area contributed by atoms with E-state index in [1.807, 2.05) is 0 Å². The molecule has 0 aliphatic carbocycles. The minimum absolute atomic E-state index is 0.170. The number of nitrogens with one attached hydrogen (secondary N) is 2. The lowest BCUT2D eigenvalue weighted by atomic mass is 10.1. The Morgan fingerprint density at radius 1 is 1.12 bits per heavy atom. The smallest absolute Gasteiger partial charge is 0.406 e. The van der Waals surface area contributed by atoms with Crippen molar-refractivity contribution in [3.63, 3.8) is 0 Å². The Kier molecular flexibility index (Phi) is 8.30. The van der Waals surface area contributed by atoms with Crippen molar-refractivity contribution < 1.29 is 36.0 Å². The van der Waals surface area contributed by atoms with Gasteiger partial charge in [-0.05, 0) is 24.6 Å². The molecular weight excluding hydrogens is 455 g/mol. The fraction of sp³-hybridized carbons (Fsp3) is 0.316. The van der Waals surface area contributed by atoms with Crippen LogP contribution in [0.3, 0.4) is 0 Å². The number of carbonyl (C=O) groups excluding carboxylic acids is 1. The first-order valence-corrected chi connectivity index (χ1v) is 10.7. The first-order chi connectivity index (χ1) is 15.0. The van der Waals surface area contributed by atoms with E-state index < -0.39 is 49.8 Å². The Morgan fingerprint density at radius 2 is 1.72 bits per heavy atom. The summed E-state index contributed by atoms with van der Waals surface area (Å²) in [5.41, 5.74) is 0.117. The maximum atomic E-state index is 13.8. The molecule has 0 spiro atoms. The maximum absolute atomic E-state index is 13.8. The van der Waals surface area contributed by atoms with Crippen LogP contribution in [0.15, 0.2) is 59.5 Å². The Morgan fingerprint density at radius 3 is 2.22 bits per heavy atom. The van der Waals surface area contributed by atoms with Gasteiger partial charge in [0, 0.05) is 18.7 Å². The molecule has 2 rings (SSSR count). The summed E-state index contributed by atoms with van der Waals surface area (Å²) in [5, 5.41) is 13.1. The average Bonchev–Trinajstić information content (AvgIpc) is 2.73. The minimum atomic E-state index is -5.17. The molecule has 174 valence electrons. The molecule has 2 N–H and O–H groups in total. The van der Waals surface area contributed by atoms with E-state index in [0.717, 1.165) is 24.3 Å². The fourth-order valence-electron chi connectivity index (χ4n) is 2.70. The second-order valence-corrected chi connectivity index (χ2v) is 8.20. The molecular formula is C19H20F3N3O6S. The van der Waals surface area contributed by atoms with Crippen LogP contribution in [0.25, 0.3) is 0 Å². The molecule has 0 unspecified atom stereocenters. The Hall–Kier alpha value is -3.03. The highest BCUT2D eigenvalue weighted by molar-refractivity contribution is 7.89. The largest absolute Gasteiger partial charge is 0.465 e. The number of sulfonamides is 1. The highest BCUT2D eigenvalue weighted by Crippen LogP contribution is 2.26. The van der Waals surface area contributed by atoms with Gasteiger partial charge in [-0.15, -0.1) is 0 Å². The summed E-state index contributed by atoms with van der Waals surface area (Å²) in [6.07, 6.45) is -5.17. The van der Waals surface area contributed by atoms with Crippen LogP contribution in [-0.2, 0) is 26.1 Å². The van der Waals surface area contributed by atoms with Crippen LogP contribution in [0, 0.1) is 10.1 Å². The van der Waals surface area contributed by atoms with E-state index in [1.165, 1.54) is 11.6 Å². The van der Waals surface area contributed by atoms with E-state index in [2.05, 4.69) is 5.32 Å². The van der Waals surface area contributed by atoms with Gasteiger partial charge < -0.3 is 4.74 Å². The predicted octanol–water partition coefficient (Wildman–Crippen LogP) is 2.53. The third-order valence-electron chi connectivity index (χ3n) is 4.24. The van der Waals surface area contributed by atoms with E-state index in [0.29, 0.717) is 5.56 Å². The van der Waals surface area contributed by atoms with Gasteiger partial charge in [0.15, 0.2) is 0 Å². The van der Waals surface area contributed by atoms with Crippen LogP contribution < -0.4 is 10.0 Å². The molecule has 0 heterocycles. The Balaban J connectivity index is 2.35. The molecule has 0 saturated carbocycles. The first-order valence-electron chi connectivity index (χ1n) is 9.23. The van der Waals surface area contributed by atoms with Gasteiger partial charge in [-0.1, -0.05) is 30.3 Å². The van der Waals surface area contributed by atoms with Crippen LogP contribution >= 0.6 is 0 Å². The summed E-state index contributed by atoms with van der Waals surface area (Å²) in [6.45, 7) is 1.01. The van der Waals surface area contributed by atoms with E-state index in [4.69, 9.17) is 4.74 Å². The van der Waals surface area contributed by atoms with Gasteiger partial charge in [0.25, 0.3) is 5.69 Å². The molecule has 0 aliphatic heterocycles. The summed E-state index contributed by atoms with van der Waals surface area (Å²) in [5.74, 6) is -1.29. The molecule has 0 amide bonds. The molecule has 9 nitrogen and oxygen atoms in total. The van der Waals surface area contributed by atoms with E-state index >= 15 is 0 Å². The normalized spacial score (nSPS) is 13.9. The molecule has 0 radical (unpaired) electrons. The maximum Gasteiger partial charge on any atom is 0.406 e. The van der Waals surface area contributed by atoms with Crippen LogP contribution in [-0.4, -0.2) is 44.2 Å². The number of benzene rings is 2. The minimum Gasteiger partial charge on any atom is -0.465 e. The molecule has 0 bridgehead atoms. The molecule has 0 aliphatic rings. The van der Waals surface area contributed by atoms with Crippen molar-refractivity contribution in [2.45, 2.75) is 36.6 Å². The molecule has 0 fully saturated rings. The second kappa shape index (κ2) is 10.5. The number of hydrogen-bond acceptors (Lipinski definition) is 7. The zero-order valence-electron chi connectivity index (χ0n) is 16.7. The van der Waals surface area contributed by atoms with Crippen molar-refractivity contribution in [3.8, 4) is 0 Å². The topological polar surface area (TPSA) is 128 Å². The fourth-order valence-corrected chi connectivity index (χ4v) is 3.93. The SMILES string of the molecule is CCOC(=O)[C@@H](NCc1ccccc1)[C@H](NS(=O)(=O)c1ccc([N+](=O)[O-])cc1)C(F)(F)F. The number of carbonyl (C=O) groups is 1. The number of nitro benzene ring substituents is 1. The summed E-state index contributed by atoms with van der Waals surface area (Å²) < 4.78 is 72.9. The molecule has 2 aromatic carbocycles. The first kappa shape index (κ1) is 25.2. The molecule has 32 heavy (non-hydrogen) atoms. The number of esters is 1. The number of halogens is 3. The van der Waals surface area contributed by atoms with Crippen LogP contribution in [0.5, 0.6) is 0 Å². The lowest BCUT2D eigenvalue weighted by Crippen LogP contribution is -2.60. The lowest BCUT2D eigenvalue weighted by molar-refractivity contribution is -0.384. The van der Waals surface area contributed by atoms with Crippen LogP contribution in [0.1, 0.15) is 12.5 Å². The number of ether oxygens (including phenoxy) is 1. The van der Waals surface area contributed by atoms with Gasteiger partial charge in [0.2, 0.25) is 10.0 Å². The third-order valence-corrected chi connectivity index (χ3v) is 5.69. The zero-order valence-corrected chi connectivity index (χ0v) is 17.5. The number of nitro groups is 1. The number of rotatable bonds is 10. The quantitative estimate of drug-likeness (QED) is 0.307. The van der Waals surface area contributed by atoms with Gasteiger partial charge in [-0.25, -0.2) is 8.42 Å². The van der Waals surface area contributed by atoms with E-state index in [-0.39, 0.29) is 13.2 Å². The van der Waals surface area contributed by atoms with Crippen molar-refractivity contribution in [1.82, 2.24) is 10.0 Å². The lowest BCUT2D eigenvalue weighted by Gasteiger charge is -2.29. The summed E-state index contributed by atoms with van der Waals surface area (Å²) in [6, 6.07) is 6.52. The summed E-state index contributed by atoms with van der Waals surface area (Å²) >= 11 is 0. The van der Waals surface area contributed by atoms with Crippen LogP contribution in [0.4, 0.5) is 18.9 Å². The number of nitrogens with zero attached hydrogens (tertiary/aromatic N) is 1. The second-order valence-electron chi connectivity index (χ2n) is 6.49. The van der Waals surface area contributed by atoms with E-state index in [9.17, 15) is 36.5 Å². The molecule has 0 aromatic heterocycles. The van der Waals surface area contributed by atoms with Gasteiger partial charge >= 0.3 is 12.1 Å². The Bertz CT molecular complexity index is 1030. The van der Waals surface area contributed by atoms with Crippen molar-refractivity contribution in [3.05, 3.63) is 70.3 Å². The van der Waals surface area contributed by atoms with Gasteiger partial charge in [-0.3, -0.25) is 20.2 Å². The molecule has 13 heteroatoms. The highest BCUT2D eigenvalue weighted by atomic mass is 32.2. The molecule has 2 aromatic rings. The number of hydrogen-bond donors (Lipinski definition) is 2. The molecule has 0 saturated heterocycles. The highest BCUT2D eigenvalue weighted by Gasteiger charge is 2.50. The average molecular weight is 475 g/mol. The third kappa shape index (κ3) is 6.73. The van der Waals surface area contributed by atoms with Crippen molar-refractivity contribution >= 4 is 21.7 Å². The van der Waals surface area contributed by atoms with E-state index in [1.54, 1.807) is 30.3 Å². The monoisotopic (exact) mass is 475 g/mol. The number of non-ortho nitro benzene ring substituents is 1. The summed E-state index contributed by atoms with van der Waals surface area (Å²) in [7, 11) is -4.80. The van der Waals surface area contributed by atoms with Crippen molar-refractivity contribution in [2.75, 3.05) is 6.61 Å². The van der Waals surface area contributed by atoms with Gasteiger partial charge in [0.1, 0.15) is 12.1 Å². The van der Waals surface area contributed by atoms with Gasteiger partial charge in [-0.2, -0.15) is 17.9 Å². The number of alkyl halides is 3. The van der Waals surface area contributed by atoms with Crippen molar-refractivity contribution in [1.29, 1.82) is 0 Å².